The van der Waals surface area contributed by atoms with Crippen molar-refractivity contribution in [3.05, 3.63) is 35.8 Å². The van der Waals surface area contributed by atoms with Crippen LogP contribution in [0.2, 0.25) is 0 Å². The summed E-state index contributed by atoms with van der Waals surface area (Å²) in [6, 6.07) is 5.82. The lowest BCUT2D eigenvalue weighted by Gasteiger charge is -2.56. The van der Waals surface area contributed by atoms with Gasteiger partial charge in [0, 0.05) is 25.3 Å². The third-order valence-corrected chi connectivity index (χ3v) is 9.75. The van der Waals surface area contributed by atoms with Crippen LogP contribution in [0.3, 0.4) is 0 Å². The standard InChI is InChI=1S/C30H44N6O2/c1-34(2)11-4-12-35(24-7-9-31-10-8-24)29(38)25-19-36-26(5-3-6-27(36)33-25)28(37)32-20-30-16-21-13-22(17-30)15-23(14-21)18-30/h3,5-6,19,21-24,31H,4,7-18,20H2,1-2H3,(H,32,37). The Morgan fingerprint density at radius 1 is 1.05 bits per heavy atom. The predicted molar refractivity (Wildman–Crippen MR) is 148 cm³/mol. The summed E-state index contributed by atoms with van der Waals surface area (Å²) in [5.41, 5.74) is 1.92. The quantitative estimate of drug-likeness (QED) is 0.530. The Morgan fingerprint density at radius 3 is 2.39 bits per heavy atom. The average Bonchev–Trinajstić information content (AvgIpc) is 3.34. The van der Waals surface area contributed by atoms with Gasteiger partial charge < -0.3 is 20.4 Å². The number of nitrogens with one attached hydrogen (secondary N) is 2. The maximum atomic E-state index is 13.8. The number of hydrogen-bond acceptors (Lipinski definition) is 5. The maximum Gasteiger partial charge on any atom is 0.274 e. The van der Waals surface area contributed by atoms with Crippen LogP contribution >= 0.6 is 0 Å². The van der Waals surface area contributed by atoms with Gasteiger partial charge in [0.2, 0.25) is 0 Å². The van der Waals surface area contributed by atoms with Crippen LogP contribution in [0.15, 0.2) is 24.4 Å². The van der Waals surface area contributed by atoms with E-state index < -0.39 is 0 Å². The zero-order valence-electron chi connectivity index (χ0n) is 23.1. The summed E-state index contributed by atoms with van der Waals surface area (Å²) < 4.78 is 1.81. The van der Waals surface area contributed by atoms with Crippen LogP contribution < -0.4 is 10.6 Å². The fourth-order valence-corrected chi connectivity index (χ4v) is 8.44. The second-order valence-corrected chi connectivity index (χ2v) is 13.0. The summed E-state index contributed by atoms with van der Waals surface area (Å²) in [6.07, 6.45) is 12.6. The largest absolute Gasteiger partial charge is 0.350 e. The SMILES string of the molecule is CN(C)CCCN(C(=O)c1cn2c(C(=O)NCC34CC5CC(CC(C5)C3)C4)cccc2n1)C1CCNCC1. The lowest BCUT2D eigenvalue weighted by atomic mass is 9.49. The molecule has 0 atom stereocenters. The van der Waals surface area contributed by atoms with Gasteiger partial charge in [0.25, 0.3) is 11.8 Å². The van der Waals surface area contributed by atoms with E-state index in [1.807, 2.05) is 27.5 Å². The first-order chi connectivity index (χ1) is 18.4. The Hall–Kier alpha value is -2.45. The minimum Gasteiger partial charge on any atom is -0.350 e. The average molecular weight is 521 g/mol. The van der Waals surface area contributed by atoms with Gasteiger partial charge in [-0.1, -0.05) is 6.07 Å². The monoisotopic (exact) mass is 520 g/mol. The molecule has 8 heteroatoms. The molecule has 2 aromatic heterocycles. The van der Waals surface area contributed by atoms with Crippen molar-refractivity contribution in [2.24, 2.45) is 23.2 Å². The van der Waals surface area contributed by atoms with Gasteiger partial charge in [-0.3, -0.25) is 14.0 Å². The van der Waals surface area contributed by atoms with Crippen molar-refractivity contribution in [1.82, 2.24) is 29.8 Å². The molecule has 8 nitrogen and oxygen atoms in total. The topological polar surface area (TPSA) is 82.0 Å². The molecular weight excluding hydrogens is 476 g/mol. The molecule has 7 rings (SSSR count). The lowest BCUT2D eigenvalue weighted by Crippen LogP contribution is -2.51. The van der Waals surface area contributed by atoms with E-state index in [1.54, 1.807) is 6.20 Å². The lowest BCUT2D eigenvalue weighted by molar-refractivity contribution is -0.0503. The van der Waals surface area contributed by atoms with Crippen molar-refractivity contribution in [3.8, 4) is 0 Å². The molecule has 5 aliphatic rings. The molecule has 2 aromatic rings. The van der Waals surface area contributed by atoms with Gasteiger partial charge in [0.15, 0.2) is 0 Å². The van der Waals surface area contributed by atoms with Crippen LogP contribution in [-0.2, 0) is 0 Å². The summed E-state index contributed by atoms with van der Waals surface area (Å²) in [6.45, 7) is 4.28. The highest BCUT2D eigenvalue weighted by molar-refractivity contribution is 5.95. The predicted octanol–water partition coefficient (Wildman–Crippen LogP) is 3.43. The first-order valence-electron chi connectivity index (χ1n) is 14.8. The summed E-state index contributed by atoms with van der Waals surface area (Å²) >= 11 is 0. The molecular formula is C30H44N6O2. The normalized spacial score (nSPS) is 28.8. The van der Waals surface area contributed by atoms with E-state index in [2.05, 4.69) is 29.6 Å². The Labute approximate surface area is 226 Å². The molecule has 1 aliphatic heterocycles. The van der Waals surface area contributed by atoms with Gasteiger partial charge in [-0.05, 0) is 127 Å². The van der Waals surface area contributed by atoms with Crippen LogP contribution in [0.25, 0.3) is 5.65 Å². The first-order valence-corrected chi connectivity index (χ1v) is 14.8. The molecule has 4 aliphatic carbocycles. The third kappa shape index (κ3) is 5.22. The van der Waals surface area contributed by atoms with Crippen molar-refractivity contribution in [1.29, 1.82) is 0 Å². The van der Waals surface area contributed by atoms with Crippen LogP contribution in [0.4, 0.5) is 0 Å². The van der Waals surface area contributed by atoms with E-state index in [9.17, 15) is 9.59 Å². The van der Waals surface area contributed by atoms with Crippen LogP contribution in [0.1, 0.15) is 78.8 Å². The van der Waals surface area contributed by atoms with Crippen molar-refractivity contribution < 1.29 is 9.59 Å². The summed E-state index contributed by atoms with van der Waals surface area (Å²) in [7, 11) is 4.13. The van der Waals surface area contributed by atoms with Crippen LogP contribution in [0, 0.1) is 23.2 Å². The summed E-state index contributed by atoms with van der Waals surface area (Å²) in [4.78, 5) is 36.1. The number of aromatic nitrogens is 2. The molecule has 206 valence electrons. The maximum absolute atomic E-state index is 13.8. The molecule has 1 saturated heterocycles. The number of fused-ring (bicyclic) bond motifs is 1. The molecule has 0 unspecified atom stereocenters. The zero-order chi connectivity index (χ0) is 26.3. The molecule has 4 bridgehead atoms. The third-order valence-electron chi connectivity index (χ3n) is 9.75. The number of imidazole rings is 1. The number of carbonyl (C=O) groups excluding carboxylic acids is 2. The van der Waals surface area contributed by atoms with E-state index in [1.165, 1.54) is 38.5 Å². The number of carbonyl (C=O) groups is 2. The van der Waals surface area contributed by atoms with Crippen LogP contribution in [0.5, 0.6) is 0 Å². The van der Waals surface area contributed by atoms with Gasteiger partial charge in [-0.2, -0.15) is 0 Å². The van der Waals surface area contributed by atoms with E-state index in [0.29, 0.717) is 23.6 Å². The minimum atomic E-state index is -0.0658. The summed E-state index contributed by atoms with van der Waals surface area (Å²) in [5, 5.41) is 6.71. The van der Waals surface area contributed by atoms with Crippen molar-refractivity contribution in [2.75, 3.05) is 46.8 Å². The fraction of sp³-hybridized carbons (Fsp3) is 0.700. The Bertz CT molecular complexity index is 1130. The molecule has 0 radical (unpaired) electrons. The van der Waals surface area contributed by atoms with Crippen molar-refractivity contribution >= 4 is 17.5 Å². The number of piperidine rings is 1. The molecule has 4 saturated carbocycles. The summed E-state index contributed by atoms with van der Waals surface area (Å²) in [5.74, 6) is 2.50. The van der Waals surface area contributed by atoms with Gasteiger partial charge in [0.1, 0.15) is 17.0 Å². The van der Waals surface area contributed by atoms with E-state index in [0.717, 1.165) is 63.2 Å². The number of rotatable bonds is 9. The van der Waals surface area contributed by atoms with Crippen molar-refractivity contribution in [2.45, 2.75) is 63.8 Å². The Kier molecular flexibility index (Phi) is 7.20. The van der Waals surface area contributed by atoms with Gasteiger partial charge >= 0.3 is 0 Å². The molecule has 2 N–H and O–H groups in total. The second kappa shape index (κ2) is 10.6. The second-order valence-electron chi connectivity index (χ2n) is 13.0. The van der Waals surface area contributed by atoms with Crippen LogP contribution in [-0.4, -0.2) is 83.9 Å². The van der Waals surface area contributed by atoms with E-state index in [4.69, 9.17) is 4.98 Å². The number of nitrogens with zero attached hydrogens (tertiary/aromatic N) is 4. The molecule has 0 spiro atoms. The number of pyridine rings is 1. The Morgan fingerprint density at radius 2 is 1.74 bits per heavy atom. The molecule has 3 heterocycles. The molecule has 2 amide bonds. The highest BCUT2D eigenvalue weighted by Crippen LogP contribution is 2.59. The highest BCUT2D eigenvalue weighted by atomic mass is 16.2. The first kappa shape index (κ1) is 25.8. The van der Waals surface area contributed by atoms with Gasteiger partial charge in [-0.25, -0.2) is 4.98 Å². The number of amides is 2. The van der Waals surface area contributed by atoms with E-state index >= 15 is 0 Å². The highest BCUT2D eigenvalue weighted by Gasteiger charge is 2.50. The van der Waals surface area contributed by atoms with Crippen molar-refractivity contribution in [3.63, 3.8) is 0 Å². The van der Waals surface area contributed by atoms with Gasteiger partial charge in [-0.15, -0.1) is 0 Å². The fourth-order valence-electron chi connectivity index (χ4n) is 8.44. The zero-order valence-corrected chi connectivity index (χ0v) is 23.1. The molecule has 0 aromatic carbocycles. The van der Waals surface area contributed by atoms with Gasteiger partial charge in [0.05, 0.1) is 0 Å². The smallest absolute Gasteiger partial charge is 0.274 e. The molecule has 38 heavy (non-hydrogen) atoms. The van der Waals surface area contributed by atoms with E-state index in [-0.39, 0.29) is 23.3 Å². The Balaban J connectivity index is 1.18. The molecule has 5 fully saturated rings. The minimum absolute atomic E-state index is 0.0284. The number of hydrogen-bond donors (Lipinski definition) is 2.